The lowest BCUT2D eigenvalue weighted by Gasteiger charge is -2.08. The Kier molecular flexibility index (Phi) is 4.79. The molecule has 0 aliphatic carbocycles. The van der Waals surface area contributed by atoms with Gasteiger partial charge in [0.1, 0.15) is 11.6 Å². The highest BCUT2D eigenvalue weighted by Gasteiger charge is 2.17. The molecule has 0 atom stereocenters. The van der Waals surface area contributed by atoms with E-state index in [1.165, 1.54) is 10.2 Å². The van der Waals surface area contributed by atoms with Crippen molar-refractivity contribution in [3.8, 4) is 11.4 Å². The number of ether oxygens (including phenoxy) is 1. The van der Waals surface area contributed by atoms with Gasteiger partial charge in [-0.1, -0.05) is 24.3 Å². The molecule has 0 amide bonds. The van der Waals surface area contributed by atoms with Crippen LogP contribution in [0.1, 0.15) is 22.9 Å². The van der Waals surface area contributed by atoms with Crippen molar-refractivity contribution in [3.05, 3.63) is 76.0 Å². The highest BCUT2D eigenvalue weighted by molar-refractivity contribution is 5.36. The van der Waals surface area contributed by atoms with Gasteiger partial charge in [-0.05, 0) is 42.3 Å². The number of rotatable bonds is 5. The van der Waals surface area contributed by atoms with E-state index in [0.29, 0.717) is 18.3 Å². The number of nitrogens with one attached hydrogen (secondary N) is 2. The van der Waals surface area contributed by atoms with E-state index in [0.717, 1.165) is 30.1 Å². The lowest BCUT2D eigenvalue weighted by molar-refractivity contribution is 0.414. The van der Waals surface area contributed by atoms with E-state index in [1.807, 2.05) is 43.3 Å². The zero-order valence-electron chi connectivity index (χ0n) is 15.5. The summed E-state index contributed by atoms with van der Waals surface area (Å²) in [7, 11) is 1.63. The van der Waals surface area contributed by atoms with E-state index < -0.39 is 0 Å². The van der Waals surface area contributed by atoms with Gasteiger partial charge >= 0.3 is 5.69 Å². The van der Waals surface area contributed by atoms with Crippen molar-refractivity contribution >= 4 is 0 Å². The van der Waals surface area contributed by atoms with Crippen LogP contribution in [0, 0.1) is 6.92 Å². The lowest BCUT2D eigenvalue weighted by atomic mass is 10.0. The van der Waals surface area contributed by atoms with Crippen LogP contribution >= 0.6 is 0 Å². The molecule has 27 heavy (non-hydrogen) atoms. The Balaban J connectivity index is 1.61. The average molecular weight is 365 g/mol. The maximum atomic E-state index is 12.9. The number of hydrogen-bond donors (Lipinski definition) is 2. The molecule has 140 valence electrons. The van der Waals surface area contributed by atoms with Gasteiger partial charge in [-0.2, -0.15) is 9.78 Å². The zero-order chi connectivity index (χ0) is 18.8. The summed E-state index contributed by atoms with van der Waals surface area (Å²) < 4.78 is 8.40. The van der Waals surface area contributed by atoms with Crippen LogP contribution in [-0.2, 0) is 6.54 Å². The molecule has 1 fully saturated rings. The molecular formula is C20H23N5O2. The summed E-state index contributed by atoms with van der Waals surface area (Å²) in [5, 5.41) is 4.46. The predicted octanol–water partition coefficient (Wildman–Crippen LogP) is 1.59. The van der Waals surface area contributed by atoms with Gasteiger partial charge in [0.05, 0.1) is 19.3 Å². The van der Waals surface area contributed by atoms with Crippen molar-refractivity contribution in [2.45, 2.75) is 19.4 Å². The van der Waals surface area contributed by atoms with E-state index >= 15 is 0 Å². The van der Waals surface area contributed by atoms with Crippen LogP contribution in [0.5, 0.6) is 5.75 Å². The summed E-state index contributed by atoms with van der Waals surface area (Å²) in [5.41, 5.74) is 9.15. The minimum atomic E-state index is -0.146. The average Bonchev–Trinajstić information content (AvgIpc) is 3.33. The maximum absolute atomic E-state index is 12.9. The Morgan fingerprint density at radius 2 is 1.89 bits per heavy atom. The number of aryl methyl sites for hydroxylation is 1. The second kappa shape index (κ2) is 7.38. The minimum Gasteiger partial charge on any atom is -0.497 e. The van der Waals surface area contributed by atoms with Gasteiger partial charge in [0, 0.05) is 19.0 Å². The van der Waals surface area contributed by atoms with E-state index in [4.69, 9.17) is 4.74 Å². The summed E-state index contributed by atoms with van der Waals surface area (Å²) in [6, 6.07) is 15.8. The topological polar surface area (TPSA) is 73.1 Å². The molecule has 7 heteroatoms. The van der Waals surface area contributed by atoms with Crippen molar-refractivity contribution in [3.63, 3.8) is 0 Å². The van der Waals surface area contributed by atoms with Gasteiger partial charge < -0.3 is 4.74 Å². The fraction of sp³-hybridized carbons (Fsp3) is 0.300. The Bertz CT molecular complexity index is 984. The third-order valence-electron chi connectivity index (χ3n) is 4.95. The summed E-state index contributed by atoms with van der Waals surface area (Å²) >= 11 is 0. The van der Waals surface area contributed by atoms with Crippen LogP contribution < -0.4 is 21.3 Å². The highest BCUT2D eigenvalue weighted by Crippen LogP contribution is 2.18. The molecule has 0 saturated carbocycles. The molecule has 2 heterocycles. The molecule has 0 spiro atoms. The molecule has 7 nitrogen and oxygen atoms in total. The Morgan fingerprint density at radius 1 is 1.15 bits per heavy atom. The van der Waals surface area contributed by atoms with Gasteiger partial charge in [0.2, 0.25) is 0 Å². The van der Waals surface area contributed by atoms with E-state index in [-0.39, 0.29) is 5.69 Å². The van der Waals surface area contributed by atoms with Crippen molar-refractivity contribution in [2.24, 2.45) is 0 Å². The first-order valence-electron chi connectivity index (χ1n) is 9.01. The van der Waals surface area contributed by atoms with Gasteiger partial charge in [-0.3, -0.25) is 15.4 Å². The van der Waals surface area contributed by atoms with Gasteiger partial charge in [-0.15, -0.1) is 0 Å². The van der Waals surface area contributed by atoms with Crippen molar-refractivity contribution < 1.29 is 4.74 Å². The first-order chi connectivity index (χ1) is 13.2. The first-order valence-corrected chi connectivity index (χ1v) is 9.01. The molecule has 0 bridgehead atoms. The highest BCUT2D eigenvalue weighted by atomic mass is 16.5. The molecule has 1 aliphatic rings. The Hall–Kier alpha value is -2.90. The molecular weight excluding hydrogens is 342 g/mol. The van der Waals surface area contributed by atoms with Crippen molar-refractivity contribution in [2.75, 3.05) is 20.2 Å². The minimum absolute atomic E-state index is 0.146. The summed E-state index contributed by atoms with van der Waals surface area (Å²) in [6.07, 6.45) is 0. The smallest absolute Gasteiger partial charge is 0.351 e. The van der Waals surface area contributed by atoms with Crippen molar-refractivity contribution in [1.29, 1.82) is 0 Å². The predicted molar refractivity (Wildman–Crippen MR) is 103 cm³/mol. The lowest BCUT2D eigenvalue weighted by Crippen LogP contribution is -2.24. The molecule has 3 aromatic rings. The second-order valence-corrected chi connectivity index (χ2v) is 6.73. The maximum Gasteiger partial charge on any atom is 0.351 e. The third kappa shape index (κ3) is 3.51. The van der Waals surface area contributed by atoms with Crippen LogP contribution in [0.15, 0.2) is 53.3 Å². The number of hydrogen-bond acceptors (Lipinski definition) is 5. The molecule has 2 N–H and O–H groups in total. The standard InChI is InChI=1S/C20H23N5O2/c1-14-23-25(18-8-6-16(7-9-18)17-11-21-22-12-17)20(26)24(14)13-15-4-3-5-19(10-15)27-2/h3-10,17,21-22H,11-13H2,1-2H3. The van der Waals surface area contributed by atoms with E-state index in [1.54, 1.807) is 11.7 Å². The normalized spacial score (nSPS) is 14.6. The van der Waals surface area contributed by atoms with Crippen LogP contribution in [0.3, 0.4) is 0 Å². The van der Waals surface area contributed by atoms with E-state index in [9.17, 15) is 4.79 Å². The molecule has 0 unspecified atom stereocenters. The number of benzene rings is 2. The Morgan fingerprint density at radius 3 is 2.59 bits per heavy atom. The quantitative estimate of drug-likeness (QED) is 0.718. The fourth-order valence-electron chi connectivity index (χ4n) is 3.38. The molecule has 1 aromatic heterocycles. The summed E-state index contributed by atoms with van der Waals surface area (Å²) in [4.78, 5) is 12.9. The van der Waals surface area contributed by atoms with Gasteiger partial charge in [-0.25, -0.2) is 4.79 Å². The first kappa shape index (κ1) is 17.5. The largest absolute Gasteiger partial charge is 0.497 e. The number of hydrazine groups is 1. The molecule has 1 aliphatic heterocycles. The molecule has 1 saturated heterocycles. The van der Waals surface area contributed by atoms with Crippen LogP contribution in [-0.4, -0.2) is 34.5 Å². The van der Waals surface area contributed by atoms with E-state index in [2.05, 4.69) is 28.1 Å². The Labute approximate surface area is 157 Å². The monoisotopic (exact) mass is 365 g/mol. The molecule has 0 radical (unpaired) electrons. The third-order valence-corrected chi connectivity index (χ3v) is 4.95. The van der Waals surface area contributed by atoms with Crippen LogP contribution in [0.25, 0.3) is 5.69 Å². The molecule has 4 rings (SSSR count). The summed E-state index contributed by atoms with van der Waals surface area (Å²) in [6.45, 7) is 4.13. The second-order valence-electron chi connectivity index (χ2n) is 6.73. The molecule has 2 aromatic carbocycles. The number of aromatic nitrogens is 3. The fourth-order valence-corrected chi connectivity index (χ4v) is 3.38. The number of nitrogens with zero attached hydrogens (tertiary/aromatic N) is 3. The van der Waals surface area contributed by atoms with Crippen LogP contribution in [0.2, 0.25) is 0 Å². The SMILES string of the molecule is COc1cccc(Cn2c(C)nn(-c3ccc(C4CNNC4)cc3)c2=O)c1. The van der Waals surface area contributed by atoms with Crippen LogP contribution in [0.4, 0.5) is 0 Å². The van der Waals surface area contributed by atoms with Gasteiger partial charge in [0.15, 0.2) is 0 Å². The summed E-state index contributed by atoms with van der Waals surface area (Å²) in [5.74, 6) is 1.90. The number of methoxy groups -OCH3 is 1. The van der Waals surface area contributed by atoms with Crippen molar-refractivity contribution in [1.82, 2.24) is 25.2 Å². The zero-order valence-corrected chi connectivity index (χ0v) is 15.5. The van der Waals surface area contributed by atoms with Gasteiger partial charge in [0.25, 0.3) is 0 Å².